The molecular weight excluding hydrogens is 472 g/mol. The number of fused-ring (bicyclic) bond motifs is 1. The van der Waals surface area contributed by atoms with Gasteiger partial charge in [-0.2, -0.15) is 0 Å². The van der Waals surface area contributed by atoms with Crippen LogP contribution in [0.25, 0.3) is 10.2 Å². The number of hydrogen-bond donors (Lipinski definition) is 1. The summed E-state index contributed by atoms with van der Waals surface area (Å²) in [6, 6.07) is 13.9. The lowest BCUT2D eigenvalue weighted by atomic mass is 10.2. The molecule has 1 aromatic heterocycles. The maximum Gasteiger partial charge on any atom is 0.236 e. The number of carbonyl (C=O) groups excluding carboxylic acids is 1. The Balaban J connectivity index is 1.36. The molecule has 0 radical (unpaired) electrons. The van der Waals surface area contributed by atoms with Crippen LogP contribution in [-0.2, 0) is 4.79 Å². The molecule has 5 rings (SSSR count). The number of nitrogens with zero attached hydrogens (tertiary/aromatic N) is 3. The molecule has 0 unspecified atom stereocenters. The normalized spacial score (nSPS) is 15.6. The Bertz CT molecular complexity index is 1330. The third-order valence-electron chi connectivity index (χ3n) is 5.25. The molecule has 2 aliphatic heterocycles. The SMILES string of the molecule is C=C1C2=C(CCS2)N=C(SCC(=O)Nc2nc3ccc(C)cc3s2)N1c1ccccc1OC. The number of aromatic nitrogens is 1. The van der Waals surface area contributed by atoms with E-state index in [-0.39, 0.29) is 11.7 Å². The number of thiazole rings is 1. The van der Waals surface area contributed by atoms with E-state index in [0.717, 1.165) is 55.3 Å². The zero-order valence-corrected chi connectivity index (χ0v) is 20.7. The van der Waals surface area contributed by atoms with E-state index in [0.29, 0.717) is 5.13 Å². The highest BCUT2D eigenvalue weighted by Crippen LogP contribution is 2.45. The Morgan fingerprint density at radius 1 is 1.30 bits per heavy atom. The zero-order valence-electron chi connectivity index (χ0n) is 18.3. The third-order valence-corrected chi connectivity index (χ3v) is 8.29. The van der Waals surface area contributed by atoms with Crippen molar-refractivity contribution in [1.82, 2.24) is 4.98 Å². The predicted octanol–water partition coefficient (Wildman–Crippen LogP) is 6.02. The minimum atomic E-state index is -0.121. The highest BCUT2D eigenvalue weighted by molar-refractivity contribution is 8.14. The van der Waals surface area contributed by atoms with E-state index >= 15 is 0 Å². The van der Waals surface area contributed by atoms with Crippen LogP contribution in [0.5, 0.6) is 5.75 Å². The topological polar surface area (TPSA) is 66.8 Å². The summed E-state index contributed by atoms with van der Waals surface area (Å²) in [7, 11) is 1.65. The quantitative estimate of drug-likeness (QED) is 0.468. The van der Waals surface area contributed by atoms with Crippen LogP contribution >= 0.6 is 34.9 Å². The van der Waals surface area contributed by atoms with Crippen molar-refractivity contribution in [3.05, 3.63) is 70.9 Å². The second-order valence-corrected chi connectivity index (χ2v) is 10.6. The molecule has 0 bridgehead atoms. The molecule has 0 fully saturated rings. The van der Waals surface area contributed by atoms with Gasteiger partial charge in [0.05, 0.1) is 45.1 Å². The van der Waals surface area contributed by atoms with Crippen LogP contribution in [0.3, 0.4) is 0 Å². The Labute approximate surface area is 204 Å². The van der Waals surface area contributed by atoms with Crippen molar-refractivity contribution in [2.45, 2.75) is 13.3 Å². The molecule has 9 heteroatoms. The molecule has 168 valence electrons. The molecule has 3 aromatic rings. The fourth-order valence-corrected chi connectivity index (χ4v) is 6.61. The van der Waals surface area contributed by atoms with Crippen molar-refractivity contribution in [2.75, 3.05) is 28.8 Å². The first-order valence-electron chi connectivity index (χ1n) is 10.4. The number of rotatable bonds is 5. The first kappa shape index (κ1) is 22.1. The van der Waals surface area contributed by atoms with Crippen LogP contribution in [0.2, 0.25) is 0 Å². The molecule has 0 saturated heterocycles. The second-order valence-electron chi connectivity index (χ2n) is 7.55. The average molecular weight is 495 g/mol. The van der Waals surface area contributed by atoms with Gasteiger partial charge < -0.3 is 10.1 Å². The Morgan fingerprint density at radius 2 is 2.15 bits per heavy atom. The third kappa shape index (κ3) is 4.40. The van der Waals surface area contributed by atoms with Gasteiger partial charge in [0.2, 0.25) is 5.91 Å². The molecule has 6 nitrogen and oxygen atoms in total. The molecule has 33 heavy (non-hydrogen) atoms. The van der Waals surface area contributed by atoms with Gasteiger partial charge in [0.1, 0.15) is 5.75 Å². The first-order valence-corrected chi connectivity index (χ1v) is 13.2. The number of anilines is 2. The largest absolute Gasteiger partial charge is 0.495 e. The molecule has 0 atom stereocenters. The average Bonchev–Trinajstić information content (AvgIpc) is 3.44. The van der Waals surface area contributed by atoms with Crippen LogP contribution in [0.1, 0.15) is 12.0 Å². The monoisotopic (exact) mass is 494 g/mol. The summed E-state index contributed by atoms with van der Waals surface area (Å²) < 4.78 is 6.65. The summed E-state index contributed by atoms with van der Waals surface area (Å²) >= 11 is 4.64. The number of aliphatic imine (C=N–C) groups is 1. The molecule has 0 aliphatic carbocycles. The van der Waals surface area contributed by atoms with Gasteiger partial charge in [-0.15, -0.1) is 11.8 Å². The zero-order chi connectivity index (χ0) is 22.9. The molecule has 0 saturated carbocycles. The van der Waals surface area contributed by atoms with Crippen LogP contribution in [0.4, 0.5) is 10.8 Å². The highest BCUT2D eigenvalue weighted by Gasteiger charge is 2.32. The molecular formula is C24H22N4O2S3. The number of amides is 1. The number of thioether (sulfide) groups is 2. The van der Waals surface area contributed by atoms with E-state index in [2.05, 4.69) is 22.9 Å². The maximum absolute atomic E-state index is 12.8. The van der Waals surface area contributed by atoms with Crippen molar-refractivity contribution >= 4 is 67.0 Å². The van der Waals surface area contributed by atoms with E-state index in [1.165, 1.54) is 28.7 Å². The molecule has 3 heterocycles. The van der Waals surface area contributed by atoms with Crippen LogP contribution in [0, 0.1) is 6.92 Å². The predicted molar refractivity (Wildman–Crippen MR) is 142 cm³/mol. The van der Waals surface area contributed by atoms with Crippen molar-refractivity contribution in [3.63, 3.8) is 0 Å². The van der Waals surface area contributed by atoms with Gasteiger partial charge in [0, 0.05) is 12.2 Å². The number of methoxy groups -OCH3 is 1. The standard InChI is InChI=1S/C24H22N4O2S3/c1-14-8-9-16-20(12-14)33-23(25-16)27-21(29)13-32-24-26-17-10-11-31-22(17)15(2)28(24)18-6-4-5-7-19(18)30-3/h4-9,12H,2,10-11,13H2,1,3H3,(H,25,27,29). The van der Waals surface area contributed by atoms with Crippen molar-refractivity contribution in [3.8, 4) is 5.75 Å². The molecule has 0 spiro atoms. The summed E-state index contributed by atoms with van der Waals surface area (Å²) in [6.45, 7) is 6.40. The number of aryl methyl sites for hydroxylation is 1. The fraction of sp³-hybridized carbons (Fsp3) is 0.208. The smallest absolute Gasteiger partial charge is 0.236 e. The number of nitrogens with one attached hydrogen (secondary N) is 1. The van der Waals surface area contributed by atoms with Crippen LogP contribution < -0.4 is 15.0 Å². The molecule has 2 aromatic carbocycles. The molecule has 1 N–H and O–H groups in total. The van der Waals surface area contributed by atoms with E-state index in [1.807, 2.05) is 48.2 Å². The summed E-state index contributed by atoms with van der Waals surface area (Å²) in [5, 5.41) is 4.27. The van der Waals surface area contributed by atoms with Crippen molar-refractivity contribution < 1.29 is 9.53 Å². The Morgan fingerprint density at radius 3 is 3.00 bits per heavy atom. The number of allylic oxidation sites excluding steroid dienone is 1. The van der Waals surface area contributed by atoms with E-state index in [4.69, 9.17) is 9.73 Å². The molecule has 1 amide bonds. The lowest BCUT2D eigenvalue weighted by molar-refractivity contribution is -0.113. The second kappa shape index (κ2) is 9.24. The maximum atomic E-state index is 12.8. The summed E-state index contributed by atoms with van der Waals surface area (Å²) in [6.07, 6.45) is 0.903. The van der Waals surface area contributed by atoms with Gasteiger partial charge in [-0.05, 0) is 36.8 Å². The van der Waals surface area contributed by atoms with E-state index in [9.17, 15) is 4.79 Å². The van der Waals surface area contributed by atoms with Gasteiger partial charge in [0.15, 0.2) is 10.3 Å². The lowest BCUT2D eigenvalue weighted by Crippen LogP contribution is -2.32. The molecule has 2 aliphatic rings. The van der Waals surface area contributed by atoms with Crippen molar-refractivity contribution in [1.29, 1.82) is 0 Å². The van der Waals surface area contributed by atoms with E-state index in [1.54, 1.807) is 18.9 Å². The fourth-order valence-electron chi connectivity index (χ4n) is 3.72. The number of ether oxygens (including phenoxy) is 1. The van der Waals surface area contributed by atoms with Crippen molar-refractivity contribution in [2.24, 2.45) is 4.99 Å². The first-order chi connectivity index (χ1) is 16.0. The summed E-state index contributed by atoms with van der Waals surface area (Å²) in [4.78, 5) is 25.3. The van der Waals surface area contributed by atoms with Gasteiger partial charge in [-0.25, -0.2) is 9.98 Å². The summed E-state index contributed by atoms with van der Waals surface area (Å²) in [5.74, 6) is 1.81. The van der Waals surface area contributed by atoms with E-state index < -0.39 is 0 Å². The summed E-state index contributed by atoms with van der Waals surface area (Å²) in [5.41, 5.74) is 4.83. The van der Waals surface area contributed by atoms with Gasteiger partial charge in [-0.1, -0.05) is 47.9 Å². The van der Waals surface area contributed by atoms with Gasteiger partial charge in [-0.3, -0.25) is 9.69 Å². The highest BCUT2D eigenvalue weighted by atomic mass is 32.2. The van der Waals surface area contributed by atoms with Crippen LogP contribution in [-0.4, -0.2) is 34.7 Å². The Hall–Kier alpha value is -2.75. The minimum absolute atomic E-state index is 0.121. The number of hydrogen-bond acceptors (Lipinski definition) is 8. The minimum Gasteiger partial charge on any atom is -0.495 e. The number of amidine groups is 1. The number of para-hydroxylation sites is 2. The number of carbonyl (C=O) groups is 1. The number of benzene rings is 2. The lowest BCUT2D eigenvalue weighted by Gasteiger charge is -2.32. The van der Waals surface area contributed by atoms with Gasteiger partial charge in [0.25, 0.3) is 0 Å². The van der Waals surface area contributed by atoms with Gasteiger partial charge >= 0.3 is 0 Å². The van der Waals surface area contributed by atoms with Crippen LogP contribution in [0.15, 0.2) is 70.3 Å². The Kier molecular flexibility index (Phi) is 6.18.